The third-order valence-electron chi connectivity index (χ3n) is 4.69. The topological polar surface area (TPSA) is 122 Å². The maximum atomic E-state index is 12.9. The zero-order chi connectivity index (χ0) is 20.3. The van der Waals surface area contributed by atoms with E-state index in [0.717, 1.165) is 5.69 Å². The number of anilines is 2. The Labute approximate surface area is 160 Å². The van der Waals surface area contributed by atoms with Crippen LogP contribution in [0.4, 0.5) is 22.7 Å². The molecule has 1 saturated heterocycles. The Morgan fingerprint density at radius 2 is 1.61 bits per heavy atom. The fourth-order valence-electron chi connectivity index (χ4n) is 3.18. The van der Waals surface area contributed by atoms with Gasteiger partial charge in [0, 0.05) is 68.9 Å². The van der Waals surface area contributed by atoms with E-state index in [9.17, 15) is 25.0 Å². The summed E-state index contributed by atoms with van der Waals surface area (Å²) in [5.74, 6) is -0.285. The number of nitro groups is 2. The van der Waals surface area contributed by atoms with E-state index >= 15 is 0 Å². The van der Waals surface area contributed by atoms with Crippen molar-refractivity contribution in [2.75, 3.05) is 43.4 Å². The van der Waals surface area contributed by atoms with Gasteiger partial charge in [0.25, 0.3) is 17.3 Å². The van der Waals surface area contributed by atoms with Gasteiger partial charge in [0.05, 0.1) is 15.4 Å². The van der Waals surface area contributed by atoms with Crippen LogP contribution in [0.15, 0.2) is 42.5 Å². The average Bonchev–Trinajstić information content (AvgIpc) is 2.72. The molecule has 10 nitrogen and oxygen atoms in total. The first-order chi connectivity index (χ1) is 13.4. The lowest BCUT2D eigenvalue weighted by Gasteiger charge is -2.36. The van der Waals surface area contributed by atoms with E-state index in [0.29, 0.717) is 31.9 Å². The Hall–Kier alpha value is -3.69. The van der Waals surface area contributed by atoms with E-state index in [1.165, 1.54) is 30.3 Å². The summed E-state index contributed by atoms with van der Waals surface area (Å²) in [5, 5.41) is 24.9. The van der Waals surface area contributed by atoms with Crippen molar-refractivity contribution >= 4 is 28.7 Å². The second kappa shape index (κ2) is 7.91. The zero-order valence-corrected chi connectivity index (χ0v) is 15.2. The van der Waals surface area contributed by atoms with Crippen LogP contribution >= 0.6 is 0 Å². The molecule has 3 rings (SSSR count). The molecule has 146 valence electrons. The Morgan fingerprint density at radius 1 is 0.964 bits per heavy atom. The highest BCUT2D eigenvalue weighted by Gasteiger charge is 2.26. The minimum absolute atomic E-state index is 0.0197. The lowest BCUT2D eigenvalue weighted by Crippen LogP contribution is -2.48. The number of carbonyl (C=O) groups excluding carboxylic acids is 1. The zero-order valence-electron chi connectivity index (χ0n) is 15.2. The first-order valence-corrected chi connectivity index (χ1v) is 8.65. The molecule has 0 bridgehead atoms. The molecule has 1 aliphatic rings. The van der Waals surface area contributed by atoms with Crippen molar-refractivity contribution in [3.05, 3.63) is 68.3 Å². The quantitative estimate of drug-likeness (QED) is 0.620. The van der Waals surface area contributed by atoms with Crippen LogP contribution in [-0.4, -0.2) is 53.9 Å². The molecule has 2 aromatic rings. The van der Waals surface area contributed by atoms with Crippen LogP contribution < -0.4 is 10.2 Å². The van der Waals surface area contributed by atoms with Crippen LogP contribution in [0.5, 0.6) is 0 Å². The second-order valence-corrected chi connectivity index (χ2v) is 6.29. The number of benzene rings is 2. The van der Waals surface area contributed by atoms with E-state index in [4.69, 9.17) is 0 Å². The van der Waals surface area contributed by atoms with E-state index < -0.39 is 9.85 Å². The molecule has 0 aliphatic carbocycles. The predicted octanol–water partition coefficient (Wildman–Crippen LogP) is 2.51. The third-order valence-corrected chi connectivity index (χ3v) is 4.69. The molecule has 28 heavy (non-hydrogen) atoms. The number of non-ortho nitro benzene ring substituents is 2. The van der Waals surface area contributed by atoms with Crippen LogP contribution in [0.1, 0.15) is 10.4 Å². The molecule has 2 aromatic carbocycles. The molecule has 10 heteroatoms. The molecule has 1 fully saturated rings. The highest BCUT2D eigenvalue weighted by Crippen LogP contribution is 2.25. The standard InChI is InChI=1S/C18H19N5O5/c1-19-17-6-5-15(23(27)28)12-16(17)18(24)21-9-7-20(8-10-21)13-3-2-4-14(11-13)22(25)26/h2-6,11-12,19H,7-10H2,1H3. The van der Waals surface area contributed by atoms with Gasteiger partial charge in [-0.25, -0.2) is 0 Å². The summed E-state index contributed by atoms with van der Waals surface area (Å²) >= 11 is 0. The van der Waals surface area contributed by atoms with Gasteiger partial charge in [-0.15, -0.1) is 0 Å². The molecule has 1 heterocycles. The minimum Gasteiger partial charge on any atom is -0.387 e. The molecule has 0 saturated carbocycles. The Bertz CT molecular complexity index is 924. The lowest BCUT2D eigenvalue weighted by atomic mass is 10.1. The maximum absolute atomic E-state index is 12.9. The normalized spacial score (nSPS) is 13.9. The summed E-state index contributed by atoms with van der Waals surface area (Å²) < 4.78 is 0. The van der Waals surface area contributed by atoms with Crippen molar-refractivity contribution in [3.8, 4) is 0 Å². The molecule has 1 amide bonds. The largest absolute Gasteiger partial charge is 0.387 e. The number of amides is 1. The maximum Gasteiger partial charge on any atom is 0.271 e. The summed E-state index contributed by atoms with van der Waals surface area (Å²) in [6, 6.07) is 10.5. The number of nitro benzene ring substituents is 2. The van der Waals surface area contributed by atoms with Crippen molar-refractivity contribution in [2.24, 2.45) is 0 Å². The summed E-state index contributed by atoms with van der Waals surface area (Å²) in [6.07, 6.45) is 0. The summed E-state index contributed by atoms with van der Waals surface area (Å²) in [5.41, 5.74) is 1.38. The minimum atomic E-state index is -0.531. The molecule has 0 unspecified atom stereocenters. The number of piperazine rings is 1. The van der Waals surface area contributed by atoms with Gasteiger partial charge in [-0.1, -0.05) is 6.07 Å². The third kappa shape index (κ3) is 3.85. The number of hydrogen-bond donors (Lipinski definition) is 1. The van der Waals surface area contributed by atoms with E-state index in [-0.39, 0.29) is 22.8 Å². The van der Waals surface area contributed by atoms with Crippen molar-refractivity contribution in [1.29, 1.82) is 0 Å². The SMILES string of the molecule is CNc1ccc([N+](=O)[O-])cc1C(=O)N1CCN(c2cccc([N+](=O)[O-])c2)CC1. The highest BCUT2D eigenvalue weighted by atomic mass is 16.6. The van der Waals surface area contributed by atoms with Gasteiger partial charge >= 0.3 is 0 Å². The molecule has 0 radical (unpaired) electrons. The average molecular weight is 385 g/mol. The van der Waals surface area contributed by atoms with Gasteiger partial charge in [-0.2, -0.15) is 0 Å². The van der Waals surface area contributed by atoms with Crippen LogP contribution in [0.2, 0.25) is 0 Å². The monoisotopic (exact) mass is 385 g/mol. The number of carbonyl (C=O) groups is 1. The number of nitrogens with one attached hydrogen (secondary N) is 1. The van der Waals surface area contributed by atoms with E-state index in [2.05, 4.69) is 5.32 Å². The molecule has 0 atom stereocenters. The van der Waals surface area contributed by atoms with E-state index in [1.54, 1.807) is 24.1 Å². The van der Waals surface area contributed by atoms with Crippen molar-refractivity contribution in [2.45, 2.75) is 0 Å². The Morgan fingerprint density at radius 3 is 2.21 bits per heavy atom. The summed E-state index contributed by atoms with van der Waals surface area (Å²) in [7, 11) is 1.65. The van der Waals surface area contributed by atoms with Gasteiger partial charge < -0.3 is 15.1 Å². The highest BCUT2D eigenvalue weighted by molar-refractivity contribution is 6.00. The molecule has 1 aliphatic heterocycles. The molecule has 1 N–H and O–H groups in total. The second-order valence-electron chi connectivity index (χ2n) is 6.29. The van der Waals surface area contributed by atoms with Gasteiger partial charge in [0.2, 0.25) is 0 Å². The van der Waals surface area contributed by atoms with E-state index in [1.807, 2.05) is 4.90 Å². The Balaban J connectivity index is 1.74. The van der Waals surface area contributed by atoms with Crippen molar-refractivity contribution < 1.29 is 14.6 Å². The first kappa shape index (κ1) is 19.1. The van der Waals surface area contributed by atoms with Crippen LogP contribution in [0, 0.1) is 20.2 Å². The first-order valence-electron chi connectivity index (χ1n) is 8.65. The van der Waals surface area contributed by atoms with Crippen LogP contribution in [0.25, 0.3) is 0 Å². The predicted molar refractivity (Wildman–Crippen MR) is 104 cm³/mol. The molecule has 0 spiro atoms. The number of rotatable bonds is 5. The van der Waals surface area contributed by atoms with Crippen LogP contribution in [0.3, 0.4) is 0 Å². The number of nitrogens with zero attached hydrogens (tertiary/aromatic N) is 4. The smallest absolute Gasteiger partial charge is 0.271 e. The van der Waals surface area contributed by atoms with Crippen LogP contribution in [-0.2, 0) is 0 Å². The van der Waals surface area contributed by atoms with Crippen molar-refractivity contribution in [1.82, 2.24) is 4.90 Å². The molecular formula is C18H19N5O5. The molecule has 0 aromatic heterocycles. The number of hydrogen-bond acceptors (Lipinski definition) is 7. The van der Waals surface area contributed by atoms with Gasteiger partial charge in [-0.3, -0.25) is 25.0 Å². The Kier molecular flexibility index (Phi) is 5.39. The van der Waals surface area contributed by atoms with Gasteiger partial charge in [0.1, 0.15) is 0 Å². The van der Waals surface area contributed by atoms with Gasteiger partial charge in [0.15, 0.2) is 0 Å². The fourth-order valence-corrected chi connectivity index (χ4v) is 3.18. The fraction of sp³-hybridized carbons (Fsp3) is 0.278. The summed E-state index contributed by atoms with van der Waals surface area (Å²) in [4.78, 5) is 37.5. The lowest BCUT2D eigenvalue weighted by molar-refractivity contribution is -0.385. The van der Waals surface area contributed by atoms with Gasteiger partial charge in [-0.05, 0) is 12.1 Å². The molecular weight excluding hydrogens is 366 g/mol. The van der Waals surface area contributed by atoms with Crippen molar-refractivity contribution in [3.63, 3.8) is 0 Å². The summed E-state index contributed by atoms with van der Waals surface area (Å²) in [6.45, 7) is 1.84.